The Morgan fingerprint density at radius 1 is 1.05 bits per heavy atom. The van der Waals surface area contributed by atoms with E-state index in [9.17, 15) is 21.6 Å². The number of aliphatic hydroxyl groups is 4. The van der Waals surface area contributed by atoms with Crippen LogP contribution in [0, 0.1) is 0 Å². The zero-order valence-electron chi connectivity index (χ0n) is 19.4. The number of hydrogen-bond acceptors (Lipinski definition) is 15. The second-order valence-corrected chi connectivity index (χ2v) is 10.5. The number of nitrogens with two attached hydrogens (primary N) is 1. The van der Waals surface area contributed by atoms with Gasteiger partial charge in [0.05, 0.1) is 24.9 Å². The van der Waals surface area contributed by atoms with Crippen molar-refractivity contribution in [3.05, 3.63) is 10.4 Å². The van der Waals surface area contributed by atoms with Crippen LogP contribution in [0.4, 0.5) is 5.95 Å². The molecule has 2 aromatic rings. The van der Waals surface area contributed by atoms with Gasteiger partial charge in [-0.2, -0.15) is 21.8 Å². The Bertz CT molecular complexity index is 1360. The molecular formula is C16H27N5O15S2. The first kappa shape index (κ1) is 30.3. The third kappa shape index (κ3) is 7.67. The number of ether oxygens (including phenoxy) is 2. The van der Waals surface area contributed by atoms with Crippen molar-refractivity contribution in [2.45, 2.75) is 68.9 Å². The van der Waals surface area contributed by atoms with Crippen molar-refractivity contribution >= 4 is 37.9 Å². The maximum Gasteiger partial charge on any atom is 0.397 e. The van der Waals surface area contributed by atoms with E-state index in [2.05, 4.69) is 28.2 Å². The number of anilines is 1. The van der Waals surface area contributed by atoms with Gasteiger partial charge in [-0.1, -0.05) is 0 Å². The molecule has 22 heteroatoms. The van der Waals surface area contributed by atoms with Gasteiger partial charge in [-0.25, -0.2) is 13.0 Å². The molecule has 218 valence electrons. The van der Waals surface area contributed by atoms with Crippen LogP contribution in [0.5, 0.6) is 0 Å². The van der Waals surface area contributed by atoms with E-state index < -0.39 is 82.1 Å². The molecule has 0 spiro atoms. The minimum Gasteiger partial charge on any atom is -0.388 e. The molecule has 20 nitrogen and oxygen atoms in total. The van der Waals surface area contributed by atoms with Crippen molar-refractivity contribution < 1.29 is 64.2 Å². The molecule has 10 N–H and O–H groups in total. The molecule has 0 aliphatic carbocycles. The lowest BCUT2D eigenvalue weighted by atomic mass is 10.0. The lowest BCUT2D eigenvalue weighted by Gasteiger charge is -2.36. The lowest BCUT2D eigenvalue weighted by Crippen LogP contribution is -2.56. The van der Waals surface area contributed by atoms with Crippen molar-refractivity contribution in [1.82, 2.24) is 19.7 Å². The molecule has 8 atom stereocenters. The maximum absolute atomic E-state index is 11.7. The minimum atomic E-state index is -4.80. The van der Waals surface area contributed by atoms with Crippen LogP contribution in [-0.4, -0.2) is 116 Å². The van der Waals surface area contributed by atoms with Crippen molar-refractivity contribution in [2.24, 2.45) is 0 Å². The minimum absolute atomic E-state index is 0.0938. The molecule has 0 bridgehead atoms. The zero-order chi connectivity index (χ0) is 28.6. The number of H-pyrrole nitrogens is 2. The average molecular weight is 594 g/mol. The van der Waals surface area contributed by atoms with E-state index in [4.69, 9.17) is 40.0 Å². The number of fused-ring (bicyclic) bond motifs is 1. The summed E-state index contributed by atoms with van der Waals surface area (Å²) in [6.07, 6.45) is -9.40. The Morgan fingerprint density at radius 3 is 2.32 bits per heavy atom. The van der Waals surface area contributed by atoms with Crippen molar-refractivity contribution in [3.63, 3.8) is 0 Å². The van der Waals surface area contributed by atoms with E-state index in [0.29, 0.717) is 0 Å². The molecule has 2 aromatic heterocycles. The third-order valence-corrected chi connectivity index (χ3v) is 6.44. The molecule has 4 rings (SSSR count). The second-order valence-electron chi connectivity index (χ2n) is 8.38. The fraction of sp³-hybridized carbons (Fsp3) is 0.750. The van der Waals surface area contributed by atoms with Gasteiger partial charge in [0.25, 0.3) is 5.56 Å². The van der Waals surface area contributed by atoms with Crippen LogP contribution in [0.25, 0.3) is 11.2 Å². The van der Waals surface area contributed by atoms with Gasteiger partial charge in [-0.05, 0) is 6.92 Å². The monoisotopic (exact) mass is 593 g/mol. The summed E-state index contributed by atoms with van der Waals surface area (Å²) in [6.45, 7) is 0.856. The first-order chi connectivity index (χ1) is 17.4. The molecule has 4 heterocycles. The van der Waals surface area contributed by atoms with E-state index >= 15 is 0 Å². The molecule has 38 heavy (non-hydrogen) atoms. The highest BCUT2D eigenvalue weighted by atomic mass is 32.3. The fourth-order valence-corrected chi connectivity index (χ4v) is 4.57. The first-order valence-corrected chi connectivity index (χ1v) is 13.4. The SMILES string of the molecule is CC1OC(O)C(O)C(O)C1O.Nc1nc2c([nH]n2C2C[C@@H](OS(=O)(=O)O)CC(COS(=O)(=O)O)O2)c(=O)[nH]1. The molecule has 0 aromatic carbocycles. The molecule has 2 aliphatic heterocycles. The number of hydrogen-bond donors (Lipinski definition) is 9. The summed E-state index contributed by atoms with van der Waals surface area (Å²) >= 11 is 0. The standard InChI is InChI=1S/C10H15N5O10S2.C6H12O5/c11-10-12-8-7(9(16)13-10)14-15(8)6-2-4(25-27(20,21)22)1-5(24-6)3-23-26(17,18)19;1-2-3(7)4(8)5(9)6(10)11-2/h4-6,14H,1-3H2,(H,17,18,19)(H,20,21,22)(H3,11,12,13,16);2-10H,1H3/t4-,5?,6?;/m0./s1. The van der Waals surface area contributed by atoms with E-state index in [1.54, 1.807) is 0 Å². The van der Waals surface area contributed by atoms with Crippen LogP contribution >= 0.6 is 0 Å². The lowest BCUT2D eigenvalue weighted by molar-refractivity contribution is -0.277. The van der Waals surface area contributed by atoms with Crippen LogP contribution in [0.15, 0.2) is 4.79 Å². The summed E-state index contributed by atoms with van der Waals surface area (Å²) in [5.74, 6) is -0.168. The topological polar surface area (TPSA) is 319 Å². The summed E-state index contributed by atoms with van der Waals surface area (Å²) in [4.78, 5) is 17.9. The average Bonchev–Trinajstić information content (AvgIpc) is 2.76. The molecule has 2 saturated heterocycles. The van der Waals surface area contributed by atoms with Gasteiger partial charge in [-0.15, -0.1) is 0 Å². The molecule has 7 unspecified atom stereocenters. The Balaban J connectivity index is 0.000000304. The number of aromatic nitrogens is 4. The van der Waals surface area contributed by atoms with Crippen LogP contribution in [0.3, 0.4) is 0 Å². The van der Waals surface area contributed by atoms with Crippen molar-refractivity contribution in [1.29, 1.82) is 0 Å². The van der Waals surface area contributed by atoms with E-state index in [1.807, 2.05) is 0 Å². The van der Waals surface area contributed by atoms with Crippen LogP contribution in [0.1, 0.15) is 26.0 Å². The third-order valence-electron chi connectivity index (χ3n) is 5.49. The molecule has 2 fully saturated rings. The molecule has 0 saturated carbocycles. The highest BCUT2D eigenvalue weighted by Gasteiger charge is 2.40. The normalized spacial score (nSPS) is 32.6. The Labute approximate surface area is 213 Å². The van der Waals surface area contributed by atoms with Crippen molar-refractivity contribution in [3.8, 4) is 0 Å². The van der Waals surface area contributed by atoms with Gasteiger partial charge in [0.2, 0.25) is 5.95 Å². The summed E-state index contributed by atoms with van der Waals surface area (Å²) in [5, 5.41) is 38.6. The highest BCUT2D eigenvalue weighted by Crippen LogP contribution is 2.32. The molecule has 2 aliphatic rings. The van der Waals surface area contributed by atoms with E-state index in [1.165, 1.54) is 11.6 Å². The van der Waals surface area contributed by atoms with Crippen molar-refractivity contribution in [2.75, 3.05) is 12.3 Å². The van der Waals surface area contributed by atoms with Gasteiger partial charge in [0.1, 0.15) is 18.3 Å². The Morgan fingerprint density at radius 2 is 1.71 bits per heavy atom. The van der Waals surface area contributed by atoms with Gasteiger partial charge < -0.3 is 35.6 Å². The summed E-state index contributed by atoms with van der Waals surface area (Å²) in [6, 6.07) is 0. The summed E-state index contributed by atoms with van der Waals surface area (Å²) < 4.78 is 81.3. The quantitative estimate of drug-likeness (QED) is 0.145. The van der Waals surface area contributed by atoms with Gasteiger partial charge in [-0.3, -0.25) is 24.0 Å². The molecular weight excluding hydrogens is 566 g/mol. The second kappa shape index (κ2) is 11.5. The van der Waals surface area contributed by atoms with Crippen LogP contribution in [-0.2, 0) is 38.6 Å². The van der Waals surface area contributed by atoms with Crippen LogP contribution in [0.2, 0.25) is 0 Å². The highest BCUT2D eigenvalue weighted by molar-refractivity contribution is 7.81. The smallest absolute Gasteiger partial charge is 0.388 e. The number of nitrogen functional groups attached to an aromatic ring is 1. The maximum atomic E-state index is 11.7. The number of aliphatic hydroxyl groups excluding tert-OH is 4. The predicted molar refractivity (Wildman–Crippen MR) is 121 cm³/mol. The predicted octanol–water partition coefficient (Wildman–Crippen LogP) is -3.87. The van der Waals surface area contributed by atoms with E-state index in [0.717, 1.165) is 0 Å². The largest absolute Gasteiger partial charge is 0.397 e. The number of rotatable bonds is 6. The number of nitrogens with zero attached hydrogens (tertiary/aromatic N) is 2. The van der Waals surface area contributed by atoms with Crippen LogP contribution < -0.4 is 11.3 Å². The van der Waals surface area contributed by atoms with Gasteiger partial charge in [0, 0.05) is 12.8 Å². The summed E-state index contributed by atoms with van der Waals surface area (Å²) in [7, 11) is -9.55. The molecule has 0 amide bonds. The Kier molecular flexibility index (Phi) is 9.17. The fourth-order valence-electron chi connectivity index (χ4n) is 3.75. The van der Waals surface area contributed by atoms with Gasteiger partial charge in [0.15, 0.2) is 23.7 Å². The van der Waals surface area contributed by atoms with E-state index in [-0.39, 0.29) is 30.0 Å². The zero-order valence-corrected chi connectivity index (χ0v) is 21.0. The van der Waals surface area contributed by atoms with Gasteiger partial charge >= 0.3 is 20.8 Å². The summed E-state index contributed by atoms with van der Waals surface area (Å²) in [5.41, 5.74) is 5.14. The first-order valence-electron chi connectivity index (χ1n) is 10.7. The molecule has 0 radical (unpaired) electrons. The number of nitrogens with one attached hydrogen (secondary N) is 2. The number of aromatic amines is 2. The Hall–Kier alpha value is -2.22.